The zero-order valence-electron chi connectivity index (χ0n) is 17.7. The SMILES string of the molecule is C[C@H](NC(=O)c1ncnc2c1CN(C)N2)c1ncc(C(=O)Nc2ccc(Cl)c(C(F)(F)F)c2)s1. The second-order valence-corrected chi connectivity index (χ2v) is 8.89. The zero-order valence-corrected chi connectivity index (χ0v) is 19.3. The Bertz CT molecular complexity index is 1270. The molecule has 0 fully saturated rings. The number of hydrogen-bond donors (Lipinski definition) is 3. The van der Waals surface area contributed by atoms with Gasteiger partial charge in [-0.2, -0.15) is 13.2 Å². The quantitative estimate of drug-likeness (QED) is 0.472. The Morgan fingerprint density at radius 2 is 2.00 bits per heavy atom. The maximum atomic E-state index is 13.0. The fraction of sp³-hybridized carbons (Fsp3) is 0.250. The molecule has 3 aromatic rings. The molecule has 1 aromatic carbocycles. The van der Waals surface area contributed by atoms with Crippen LogP contribution in [0, 0.1) is 0 Å². The van der Waals surface area contributed by atoms with Crippen LogP contribution in [0.25, 0.3) is 0 Å². The van der Waals surface area contributed by atoms with Crippen molar-refractivity contribution in [2.45, 2.75) is 25.7 Å². The van der Waals surface area contributed by atoms with Crippen molar-refractivity contribution in [3.63, 3.8) is 0 Å². The standard InChI is InChI=1S/C20H17ClF3N7O2S/c1-9(28-18(33)15-11-7-31(2)30-16(11)27-8-26-15)19-25-6-14(34-19)17(32)29-10-3-4-13(21)12(5-10)20(22,23)24/h3-6,8-9H,7H2,1-2H3,(H,28,33)(H,29,32)(H,26,27,30)/t9-/m0/s1. The molecule has 1 aliphatic rings. The molecule has 1 aliphatic heterocycles. The molecule has 0 radical (unpaired) electrons. The highest BCUT2D eigenvalue weighted by molar-refractivity contribution is 7.13. The van der Waals surface area contributed by atoms with Crippen LogP contribution in [0.1, 0.15) is 49.3 Å². The first-order chi connectivity index (χ1) is 16.0. The lowest BCUT2D eigenvalue weighted by Crippen LogP contribution is -2.28. The predicted molar refractivity (Wildman–Crippen MR) is 120 cm³/mol. The van der Waals surface area contributed by atoms with E-state index in [-0.39, 0.29) is 16.3 Å². The molecule has 2 aromatic heterocycles. The molecule has 3 N–H and O–H groups in total. The second kappa shape index (κ2) is 9.16. The monoisotopic (exact) mass is 511 g/mol. The molecule has 1 atom stereocenters. The molecule has 0 spiro atoms. The van der Waals surface area contributed by atoms with Gasteiger partial charge in [-0.15, -0.1) is 11.3 Å². The fourth-order valence-corrected chi connectivity index (χ4v) is 4.28. The first-order valence-corrected chi connectivity index (χ1v) is 11.0. The Morgan fingerprint density at radius 1 is 1.24 bits per heavy atom. The highest BCUT2D eigenvalue weighted by atomic mass is 35.5. The van der Waals surface area contributed by atoms with E-state index in [4.69, 9.17) is 11.6 Å². The Kier molecular flexibility index (Phi) is 6.43. The van der Waals surface area contributed by atoms with Crippen LogP contribution in [0.3, 0.4) is 0 Å². The summed E-state index contributed by atoms with van der Waals surface area (Å²) in [6.45, 7) is 2.15. The molecule has 14 heteroatoms. The summed E-state index contributed by atoms with van der Waals surface area (Å²) >= 11 is 6.61. The van der Waals surface area contributed by atoms with E-state index in [1.165, 1.54) is 18.6 Å². The van der Waals surface area contributed by atoms with Crippen molar-refractivity contribution in [2.24, 2.45) is 0 Å². The molecule has 0 bridgehead atoms. The smallest absolute Gasteiger partial charge is 0.342 e. The van der Waals surface area contributed by atoms with Gasteiger partial charge in [0.1, 0.15) is 27.7 Å². The van der Waals surface area contributed by atoms with Crippen LogP contribution in [0.4, 0.5) is 24.7 Å². The third-order valence-corrected chi connectivity index (χ3v) is 6.36. The second-order valence-electron chi connectivity index (χ2n) is 7.42. The molecule has 0 aliphatic carbocycles. The van der Waals surface area contributed by atoms with Crippen molar-refractivity contribution < 1.29 is 22.8 Å². The van der Waals surface area contributed by atoms with Gasteiger partial charge in [0.15, 0.2) is 0 Å². The lowest BCUT2D eigenvalue weighted by atomic mass is 10.2. The van der Waals surface area contributed by atoms with Crippen molar-refractivity contribution >= 4 is 46.3 Å². The summed E-state index contributed by atoms with van der Waals surface area (Å²) in [6.07, 6.45) is -2.07. The molecule has 2 amide bonds. The van der Waals surface area contributed by atoms with Crippen LogP contribution in [0.5, 0.6) is 0 Å². The minimum Gasteiger partial charge on any atom is -0.342 e. The van der Waals surface area contributed by atoms with Crippen molar-refractivity contribution in [1.29, 1.82) is 0 Å². The maximum Gasteiger partial charge on any atom is 0.417 e. The Balaban J connectivity index is 1.44. The average Bonchev–Trinajstić information content (AvgIpc) is 3.40. The minimum atomic E-state index is -4.65. The summed E-state index contributed by atoms with van der Waals surface area (Å²) in [6, 6.07) is 2.54. The third-order valence-electron chi connectivity index (χ3n) is 4.85. The van der Waals surface area contributed by atoms with Crippen LogP contribution in [0.2, 0.25) is 5.02 Å². The van der Waals surface area contributed by atoms with Gasteiger partial charge in [0.2, 0.25) is 0 Å². The number of rotatable bonds is 5. The van der Waals surface area contributed by atoms with Crippen LogP contribution in [0.15, 0.2) is 30.7 Å². The van der Waals surface area contributed by atoms with Crippen LogP contribution in [-0.2, 0) is 12.7 Å². The Hall–Kier alpha value is -3.29. The summed E-state index contributed by atoms with van der Waals surface area (Å²) in [4.78, 5) is 37.8. The highest BCUT2D eigenvalue weighted by Gasteiger charge is 2.33. The largest absolute Gasteiger partial charge is 0.417 e. The van der Waals surface area contributed by atoms with E-state index < -0.39 is 34.6 Å². The van der Waals surface area contributed by atoms with Gasteiger partial charge in [-0.25, -0.2) is 20.0 Å². The number of hydrazine groups is 1. The van der Waals surface area contributed by atoms with Crippen LogP contribution < -0.4 is 16.1 Å². The van der Waals surface area contributed by atoms with E-state index in [2.05, 4.69) is 31.0 Å². The summed E-state index contributed by atoms with van der Waals surface area (Å²) in [5.74, 6) is -0.509. The number of carbonyl (C=O) groups is 2. The maximum absolute atomic E-state index is 13.0. The van der Waals surface area contributed by atoms with Crippen molar-refractivity contribution in [3.8, 4) is 0 Å². The number of hydrogen-bond acceptors (Lipinski definition) is 8. The first kappa shape index (κ1) is 23.9. The number of aromatic nitrogens is 3. The number of nitrogens with zero attached hydrogens (tertiary/aromatic N) is 4. The van der Waals surface area contributed by atoms with Gasteiger partial charge >= 0.3 is 6.18 Å². The van der Waals surface area contributed by atoms with Crippen molar-refractivity contribution in [1.82, 2.24) is 25.3 Å². The lowest BCUT2D eigenvalue weighted by Gasteiger charge is -2.12. The van der Waals surface area contributed by atoms with E-state index in [9.17, 15) is 22.8 Å². The number of halogens is 4. The van der Waals surface area contributed by atoms with Crippen LogP contribution >= 0.6 is 22.9 Å². The number of benzene rings is 1. The Labute approximate surface area is 200 Å². The molecular weight excluding hydrogens is 495 g/mol. The summed E-state index contributed by atoms with van der Waals surface area (Å²) in [5, 5.41) is 6.93. The van der Waals surface area contributed by atoms with E-state index in [1.54, 1.807) is 11.9 Å². The predicted octanol–water partition coefficient (Wildman–Crippen LogP) is 4.12. The number of fused-ring (bicyclic) bond motifs is 1. The van der Waals surface area contributed by atoms with E-state index in [0.29, 0.717) is 22.9 Å². The molecule has 0 unspecified atom stereocenters. The number of nitrogens with one attached hydrogen (secondary N) is 3. The van der Waals surface area contributed by atoms with E-state index in [1.807, 2.05) is 7.05 Å². The number of anilines is 2. The van der Waals surface area contributed by atoms with Gasteiger partial charge in [0, 0.05) is 24.8 Å². The molecular formula is C20H17ClF3N7O2S. The number of carbonyl (C=O) groups excluding carboxylic acids is 2. The molecule has 4 rings (SSSR count). The summed E-state index contributed by atoms with van der Waals surface area (Å²) in [7, 11) is 1.81. The normalized spacial score (nSPS) is 14.3. The molecule has 34 heavy (non-hydrogen) atoms. The topological polar surface area (TPSA) is 112 Å². The first-order valence-electron chi connectivity index (χ1n) is 9.79. The number of amides is 2. The highest BCUT2D eigenvalue weighted by Crippen LogP contribution is 2.36. The van der Waals surface area contributed by atoms with Gasteiger partial charge in [0.25, 0.3) is 11.8 Å². The van der Waals surface area contributed by atoms with E-state index >= 15 is 0 Å². The average molecular weight is 512 g/mol. The molecule has 178 valence electrons. The van der Waals surface area contributed by atoms with Crippen molar-refractivity contribution in [2.75, 3.05) is 17.8 Å². The number of thiazole rings is 1. The molecule has 3 heterocycles. The molecule has 9 nitrogen and oxygen atoms in total. The summed E-state index contributed by atoms with van der Waals surface area (Å²) < 4.78 is 39.1. The van der Waals surface area contributed by atoms with Crippen LogP contribution in [-0.4, -0.2) is 38.8 Å². The summed E-state index contributed by atoms with van der Waals surface area (Å²) in [5.41, 5.74) is 2.79. The van der Waals surface area contributed by atoms with Crippen molar-refractivity contribution in [3.05, 3.63) is 62.5 Å². The van der Waals surface area contributed by atoms with E-state index in [0.717, 1.165) is 23.5 Å². The van der Waals surface area contributed by atoms with Gasteiger partial charge in [-0.05, 0) is 25.1 Å². The third kappa shape index (κ3) is 4.95. The minimum absolute atomic E-state index is 0.0609. The Morgan fingerprint density at radius 3 is 2.74 bits per heavy atom. The molecule has 0 saturated heterocycles. The number of alkyl halides is 3. The van der Waals surface area contributed by atoms with Gasteiger partial charge in [-0.3, -0.25) is 9.59 Å². The van der Waals surface area contributed by atoms with Gasteiger partial charge in [-0.1, -0.05) is 11.6 Å². The zero-order chi connectivity index (χ0) is 24.6. The lowest BCUT2D eigenvalue weighted by molar-refractivity contribution is -0.137. The van der Waals surface area contributed by atoms with Gasteiger partial charge in [0.05, 0.1) is 22.8 Å². The molecule has 0 saturated carbocycles. The van der Waals surface area contributed by atoms with Gasteiger partial charge < -0.3 is 16.1 Å². The fourth-order valence-electron chi connectivity index (χ4n) is 3.24.